The summed E-state index contributed by atoms with van der Waals surface area (Å²) >= 11 is 6.24. The zero-order valence-corrected chi connectivity index (χ0v) is 13.7. The van der Waals surface area contributed by atoms with Crippen molar-refractivity contribution in [1.29, 1.82) is 0 Å². The number of carboxylic acids is 2. The summed E-state index contributed by atoms with van der Waals surface area (Å²) in [6, 6.07) is 12.0. The largest absolute Gasteiger partial charge is 0.481 e. The average molecular weight is 348 g/mol. The van der Waals surface area contributed by atoms with E-state index in [2.05, 4.69) is 0 Å². The minimum atomic E-state index is -0.971. The molecule has 24 heavy (non-hydrogen) atoms. The van der Waals surface area contributed by atoms with Gasteiger partial charge in [-0.2, -0.15) is 0 Å². The van der Waals surface area contributed by atoms with Gasteiger partial charge >= 0.3 is 11.9 Å². The van der Waals surface area contributed by atoms with Crippen LogP contribution in [0.15, 0.2) is 42.5 Å². The van der Waals surface area contributed by atoms with Crippen LogP contribution >= 0.6 is 11.6 Å². The predicted octanol–water partition coefficient (Wildman–Crippen LogP) is 3.15. The van der Waals surface area contributed by atoms with Crippen LogP contribution in [0.1, 0.15) is 39.4 Å². The Kier molecular flexibility index (Phi) is 5.95. The first-order chi connectivity index (χ1) is 11.4. The topological polar surface area (TPSA) is 101 Å². The van der Waals surface area contributed by atoms with Crippen LogP contribution in [0.2, 0.25) is 5.02 Å². The number of rotatable bonds is 7. The molecule has 0 saturated carbocycles. The summed E-state index contributed by atoms with van der Waals surface area (Å²) in [4.78, 5) is 21.8. The SMILES string of the molecule is NCC(CC(=O)O)c1ccc(Cl)c(Cc2ccc(C(=O)O)cc2)c1. The predicted molar refractivity (Wildman–Crippen MR) is 91.7 cm³/mol. The Hall–Kier alpha value is -2.37. The van der Waals surface area contributed by atoms with Crippen LogP contribution in [-0.2, 0) is 11.2 Å². The third-order valence-corrected chi connectivity index (χ3v) is 4.21. The van der Waals surface area contributed by atoms with E-state index in [-0.39, 0.29) is 24.4 Å². The molecule has 0 radical (unpaired) electrons. The molecule has 6 heteroatoms. The van der Waals surface area contributed by atoms with Crippen molar-refractivity contribution >= 4 is 23.5 Å². The van der Waals surface area contributed by atoms with Crippen LogP contribution in [0.5, 0.6) is 0 Å². The van der Waals surface area contributed by atoms with Crippen LogP contribution < -0.4 is 5.73 Å². The molecule has 0 aliphatic carbocycles. The van der Waals surface area contributed by atoms with Gasteiger partial charge in [0.15, 0.2) is 0 Å². The number of aromatic carboxylic acids is 1. The number of carboxylic acid groups (broad SMARTS) is 2. The highest BCUT2D eigenvalue weighted by Crippen LogP contribution is 2.26. The summed E-state index contributed by atoms with van der Waals surface area (Å²) in [5.41, 5.74) is 8.51. The molecule has 0 saturated heterocycles. The van der Waals surface area contributed by atoms with Gasteiger partial charge in [0.2, 0.25) is 0 Å². The standard InChI is InChI=1S/C18H18ClNO4/c19-16-6-5-13(15(10-20)9-17(21)22)8-14(16)7-11-1-3-12(4-2-11)18(23)24/h1-6,8,15H,7,9-10,20H2,(H,21,22)(H,23,24). The van der Waals surface area contributed by atoms with E-state index in [0.29, 0.717) is 11.4 Å². The van der Waals surface area contributed by atoms with Gasteiger partial charge < -0.3 is 15.9 Å². The molecule has 0 aliphatic heterocycles. The van der Waals surface area contributed by atoms with E-state index in [0.717, 1.165) is 16.7 Å². The van der Waals surface area contributed by atoms with E-state index < -0.39 is 11.9 Å². The molecule has 1 unspecified atom stereocenters. The van der Waals surface area contributed by atoms with Gasteiger partial charge in [0.25, 0.3) is 0 Å². The average Bonchev–Trinajstić information content (AvgIpc) is 2.55. The summed E-state index contributed by atoms with van der Waals surface area (Å²) in [5.74, 6) is -2.14. The van der Waals surface area contributed by atoms with Gasteiger partial charge in [-0.05, 0) is 47.9 Å². The highest BCUT2D eigenvalue weighted by atomic mass is 35.5. The molecule has 0 aliphatic rings. The molecule has 0 fully saturated rings. The second-order valence-corrected chi connectivity index (χ2v) is 5.97. The Labute approximate surface area is 144 Å². The van der Waals surface area contributed by atoms with Crippen molar-refractivity contribution in [3.8, 4) is 0 Å². The van der Waals surface area contributed by atoms with Gasteiger partial charge in [0.05, 0.1) is 12.0 Å². The third kappa shape index (κ3) is 4.57. The molecule has 2 aromatic carbocycles. The van der Waals surface area contributed by atoms with Gasteiger partial charge in [-0.25, -0.2) is 4.79 Å². The second kappa shape index (κ2) is 7.95. The number of aliphatic carboxylic acids is 1. The molecule has 0 bridgehead atoms. The first kappa shape index (κ1) is 18.0. The monoisotopic (exact) mass is 347 g/mol. The second-order valence-electron chi connectivity index (χ2n) is 5.56. The maximum absolute atomic E-state index is 10.9. The third-order valence-electron chi connectivity index (χ3n) is 3.84. The summed E-state index contributed by atoms with van der Waals surface area (Å²) in [7, 11) is 0. The molecule has 2 aromatic rings. The van der Waals surface area contributed by atoms with E-state index in [4.69, 9.17) is 27.5 Å². The lowest BCUT2D eigenvalue weighted by molar-refractivity contribution is -0.137. The number of carbonyl (C=O) groups is 2. The Morgan fingerprint density at radius 2 is 1.75 bits per heavy atom. The number of nitrogens with two attached hydrogens (primary N) is 1. The molecule has 2 rings (SSSR count). The lowest BCUT2D eigenvalue weighted by atomic mass is 9.92. The van der Waals surface area contributed by atoms with Gasteiger partial charge in [-0.1, -0.05) is 35.9 Å². The van der Waals surface area contributed by atoms with Gasteiger partial charge in [0.1, 0.15) is 0 Å². The molecular weight excluding hydrogens is 330 g/mol. The highest BCUT2D eigenvalue weighted by Gasteiger charge is 2.15. The van der Waals surface area contributed by atoms with Crippen molar-refractivity contribution in [2.45, 2.75) is 18.8 Å². The molecule has 0 aromatic heterocycles. The molecule has 0 amide bonds. The minimum absolute atomic E-state index is 0.0368. The van der Waals surface area contributed by atoms with Crippen LogP contribution in [-0.4, -0.2) is 28.7 Å². The normalized spacial score (nSPS) is 11.9. The molecule has 126 valence electrons. The number of hydrogen-bond acceptors (Lipinski definition) is 3. The van der Waals surface area contributed by atoms with E-state index in [1.807, 2.05) is 6.07 Å². The molecule has 0 spiro atoms. The van der Waals surface area contributed by atoms with Crippen LogP contribution in [0.3, 0.4) is 0 Å². The van der Waals surface area contributed by atoms with Crippen LogP contribution in [0.25, 0.3) is 0 Å². The van der Waals surface area contributed by atoms with Crippen molar-refractivity contribution in [3.05, 3.63) is 69.7 Å². The first-order valence-electron chi connectivity index (χ1n) is 7.43. The molecular formula is C18H18ClNO4. The van der Waals surface area contributed by atoms with Gasteiger partial charge in [0, 0.05) is 10.9 Å². The fourth-order valence-corrected chi connectivity index (χ4v) is 2.70. The van der Waals surface area contributed by atoms with E-state index in [1.165, 1.54) is 0 Å². The van der Waals surface area contributed by atoms with Crippen molar-refractivity contribution in [2.75, 3.05) is 6.54 Å². The lowest BCUT2D eigenvalue weighted by Crippen LogP contribution is -2.16. The quantitative estimate of drug-likeness (QED) is 0.714. The number of benzene rings is 2. The summed E-state index contributed by atoms with van der Waals surface area (Å²) in [6.07, 6.45) is 0.488. The van der Waals surface area contributed by atoms with Crippen molar-refractivity contribution in [3.63, 3.8) is 0 Å². The van der Waals surface area contributed by atoms with Crippen LogP contribution in [0, 0.1) is 0 Å². The lowest BCUT2D eigenvalue weighted by Gasteiger charge is -2.15. The Morgan fingerprint density at radius 1 is 1.08 bits per heavy atom. The van der Waals surface area contributed by atoms with Crippen LogP contribution in [0.4, 0.5) is 0 Å². The molecule has 0 heterocycles. The fourth-order valence-electron chi connectivity index (χ4n) is 2.52. The molecule has 4 N–H and O–H groups in total. The van der Waals surface area contributed by atoms with Gasteiger partial charge in [-0.3, -0.25) is 4.79 Å². The number of halogens is 1. The van der Waals surface area contributed by atoms with Crippen molar-refractivity contribution < 1.29 is 19.8 Å². The molecule has 1 atom stereocenters. The Balaban J connectivity index is 2.24. The maximum atomic E-state index is 10.9. The summed E-state index contributed by atoms with van der Waals surface area (Å²) < 4.78 is 0. The van der Waals surface area contributed by atoms with Gasteiger partial charge in [-0.15, -0.1) is 0 Å². The zero-order valence-electron chi connectivity index (χ0n) is 12.9. The summed E-state index contributed by atoms with van der Waals surface area (Å²) in [5, 5.41) is 18.5. The fraction of sp³-hybridized carbons (Fsp3) is 0.222. The smallest absolute Gasteiger partial charge is 0.335 e. The molecule has 5 nitrogen and oxygen atoms in total. The Bertz CT molecular complexity index is 743. The summed E-state index contributed by atoms with van der Waals surface area (Å²) in [6.45, 7) is 0.237. The van der Waals surface area contributed by atoms with Crippen molar-refractivity contribution in [1.82, 2.24) is 0 Å². The zero-order chi connectivity index (χ0) is 17.7. The van der Waals surface area contributed by atoms with E-state index in [1.54, 1.807) is 36.4 Å². The Morgan fingerprint density at radius 3 is 2.29 bits per heavy atom. The van der Waals surface area contributed by atoms with Crippen molar-refractivity contribution in [2.24, 2.45) is 5.73 Å². The maximum Gasteiger partial charge on any atom is 0.335 e. The number of hydrogen-bond donors (Lipinski definition) is 3. The minimum Gasteiger partial charge on any atom is -0.481 e. The van der Waals surface area contributed by atoms with E-state index >= 15 is 0 Å². The highest BCUT2D eigenvalue weighted by molar-refractivity contribution is 6.31. The van der Waals surface area contributed by atoms with E-state index in [9.17, 15) is 9.59 Å². The first-order valence-corrected chi connectivity index (χ1v) is 7.81.